The van der Waals surface area contributed by atoms with E-state index in [1.54, 1.807) is 12.3 Å². The topological polar surface area (TPSA) is 50.2 Å². The van der Waals surface area contributed by atoms with E-state index < -0.39 is 0 Å². The fourth-order valence-corrected chi connectivity index (χ4v) is 2.34. The number of nitrogens with zero attached hydrogens (tertiary/aromatic N) is 2. The fraction of sp³-hybridized carbons (Fsp3) is 0.143. The lowest BCUT2D eigenvalue weighted by molar-refractivity contribution is 0.860. The van der Waals surface area contributed by atoms with Gasteiger partial charge in [0.2, 0.25) is 0 Å². The van der Waals surface area contributed by atoms with Crippen LogP contribution in [-0.2, 0) is 6.42 Å². The van der Waals surface area contributed by atoms with Gasteiger partial charge in [-0.15, -0.1) is 0 Å². The number of fused-ring (bicyclic) bond motifs is 1. The molecule has 0 bridgehead atoms. The van der Waals surface area contributed by atoms with Gasteiger partial charge in [-0.25, -0.2) is 9.50 Å². The van der Waals surface area contributed by atoms with Gasteiger partial charge >= 0.3 is 0 Å². The Morgan fingerprint density at radius 3 is 2.89 bits per heavy atom. The van der Waals surface area contributed by atoms with Crippen LogP contribution in [0.25, 0.3) is 5.65 Å². The third kappa shape index (κ3) is 2.04. The Balaban J connectivity index is 2.15. The number of aromatic amines is 1. The molecule has 0 aliphatic heterocycles. The van der Waals surface area contributed by atoms with Gasteiger partial charge in [0.05, 0.1) is 0 Å². The molecule has 0 spiro atoms. The SMILES string of the molecule is Cc1nc2cc[nH]n2c(=O)c1Cc1ccccc1Cl. The first-order valence-corrected chi connectivity index (χ1v) is 6.33. The van der Waals surface area contributed by atoms with Crippen LogP contribution in [0.15, 0.2) is 41.3 Å². The highest BCUT2D eigenvalue weighted by Crippen LogP contribution is 2.18. The van der Waals surface area contributed by atoms with Crippen LogP contribution >= 0.6 is 11.6 Å². The van der Waals surface area contributed by atoms with Crippen LogP contribution in [-0.4, -0.2) is 14.6 Å². The molecule has 0 aliphatic carbocycles. The molecule has 0 unspecified atom stereocenters. The Morgan fingerprint density at radius 2 is 2.11 bits per heavy atom. The van der Waals surface area contributed by atoms with Gasteiger partial charge in [0.25, 0.3) is 5.56 Å². The van der Waals surface area contributed by atoms with Crippen molar-refractivity contribution in [1.82, 2.24) is 14.6 Å². The van der Waals surface area contributed by atoms with Crippen molar-refractivity contribution >= 4 is 17.2 Å². The summed E-state index contributed by atoms with van der Waals surface area (Å²) in [6.07, 6.45) is 2.18. The molecule has 96 valence electrons. The van der Waals surface area contributed by atoms with Crippen molar-refractivity contribution < 1.29 is 0 Å². The number of hydrogen-bond acceptors (Lipinski definition) is 2. The van der Waals surface area contributed by atoms with Gasteiger partial charge in [-0.05, 0) is 18.6 Å². The zero-order chi connectivity index (χ0) is 13.4. The Labute approximate surface area is 114 Å². The average molecular weight is 274 g/mol. The third-order valence-corrected chi connectivity index (χ3v) is 3.54. The monoisotopic (exact) mass is 273 g/mol. The first-order chi connectivity index (χ1) is 9.16. The predicted octanol–water partition coefficient (Wildman–Crippen LogP) is 2.58. The maximum atomic E-state index is 12.4. The Bertz CT molecular complexity index is 804. The highest BCUT2D eigenvalue weighted by atomic mass is 35.5. The van der Waals surface area contributed by atoms with E-state index in [9.17, 15) is 4.79 Å². The van der Waals surface area contributed by atoms with Gasteiger partial charge in [0, 0.05) is 35.0 Å². The number of halogens is 1. The summed E-state index contributed by atoms with van der Waals surface area (Å²) in [7, 11) is 0. The molecule has 3 rings (SSSR count). The largest absolute Gasteiger partial charge is 0.297 e. The number of benzene rings is 1. The number of aromatic nitrogens is 3. The molecule has 0 atom stereocenters. The number of aryl methyl sites for hydroxylation is 1. The summed E-state index contributed by atoms with van der Waals surface area (Å²) >= 11 is 6.14. The van der Waals surface area contributed by atoms with Crippen molar-refractivity contribution in [2.24, 2.45) is 0 Å². The predicted molar refractivity (Wildman–Crippen MR) is 74.8 cm³/mol. The van der Waals surface area contributed by atoms with Crippen molar-refractivity contribution in [2.75, 3.05) is 0 Å². The van der Waals surface area contributed by atoms with E-state index in [0.717, 1.165) is 11.3 Å². The molecule has 2 heterocycles. The summed E-state index contributed by atoms with van der Waals surface area (Å²) in [6, 6.07) is 9.30. The lowest BCUT2D eigenvalue weighted by Crippen LogP contribution is -2.22. The smallest absolute Gasteiger partial charge is 0.276 e. The third-order valence-electron chi connectivity index (χ3n) is 3.17. The molecule has 1 aromatic carbocycles. The van der Waals surface area contributed by atoms with Crippen molar-refractivity contribution in [2.45, 2.75) is 13.3 Å². The molecule has 1 N–H and O–H groups in total. The molecule has 0 aliphatic rings. The van der Waals surface area contributed by atoms with Crippen LogP contribution in [0.5, 0.6) is 0 Å². The van der Waals surface area contributed by atoms with Gasteiger partial charge in [0.1, 0.15) is 0 Å². The van der Waals surface area contributed by atoms with Crippen LogP contribution in [0.4, 0.5) is 0 Å². The zero-order valence-electron chi connectivity index (χ0n) is 10.4. The van der Waals surface area contributed by atoms with Crippen molar-refractivity contribution in [3.8, 4) is 0 Å². The second kappa shape index (κ2) is 4.55. The summed E-state index contributed by atoms with van der Waals surface area (Å²) in [6.45, 7) is 1.85. The summed E-state index contributed by atoms with van der Waals surface area (Å²) in [5.74, 6) is 0. The quantitative estimate of drug-likeness (QED) is 0.780. The van der Waals surface area contributed by atoms with Gasteiger partial charge in [-0.3, -0.25) is 9.89 Å². The second-order valence-electron chi connectivity index (χ2n) is 4.41. The van der Waals surface area contributed by atoms with Gasteiger partial charge in [-0.1, -0.05) is 29.8 Å². The number of nitrogens with one attached hydrogen (secondary N) is 1. The molecule has 0 amide bonds. The molecule has 0 saturated carbocycles. The summed E-state index contributed by atoms with van der Waals surface area (Å²) in [4.78, 5) is 16.8. The first-order valence-electron chi connectivity index (χ1n) is 5.96. The summed E-state index contributed by atoms with van der Waals surface area (Å²) in [5.41, 5.74) is 2.88. The normalized spacial score (nSPS) is 11.1. The molecule has 2 aromatic heterocycles. The summed E-state index contributed by atoms with van der Waals surface area (Å²) < 4.78 is 1.44. The molecular weight excluding hydrogens is 262 g/mol. The van der Waals surface area contributed by atoms with E-state index in [1.807, 2.05) is 31.2 Å². The maximum Gasteiger partial charge on any atom is 0.276 e. The van der Waals surface area contributed by atoms with Crippen molar-refractivity contribution in [3.05, 3.63) is 68.7 Å². The van der Waals surface area contributed by atoms with Gasteiger partial charge in [0.15, 0.2) is 5.65 Å². The van der Waals surface area contributed by atoms with E-state index in [4.69, 9.17) is 11.6 Å². The summed E-state index contributed by atoms with van der Waals surface area (Å²) in [5, 5.41) is 3.53. The molecule has 3 aromatic rings. The lowest BCUT2D eigenvalue weighted by Gasteiger charge is -2.07. The Kier molecular flexibility index (Phi) is 2.87. The molecule has 0 fully saturated rings. The minimum Gasteiger partial charge on any atom is -0.297 e. The highest BCUT2D eigenvalue weighted by Gasteiger charge is 2.12. The van der Waals surface area contributed by atoms with E-state index >= 15 is 0 Å². The Hall–Kier alpha value is -2.07. The van der Waals surface area contributed by atoms with Crippen LogP contribution in [0.1, 0.15) is 16.8 Å². The molecule has 0 radical (unpaired) electrons. The van der Waals surface area contributed by atoms with E-state index in [0.29, 0.717) is 22.7 Å². The molecule has 5 heteroatoms. The van der Waals surface area contributed by atoms with E-state index in [-0.39, 0.29) is 5.56 Å². The number of hydrogen-bond donors (Lipinski definition) is 1. The molecular formula is C14H12ClN3O. The number of rotatable bonds is 2. The van der Waals surface area contributed by atoms with Crippen LogP contribution in [0.3, 0.4) is 0 Å². The standard InChI is InChI=1S/C14H12ClN3O/c1-9-11(8-10-4-2-3-5-12(10)15)14(19)18-13(17-9)6-7-16-18/h2-7,16H,8H2,1H3. The van der Waals surface area contributed by atoms with E-state index in [1.165, 1.54) is 4.52 Å². The van der Waals surface area contributed by atoms with Crippen LogP contribution < -0.4 is 5.56 Å². The van der Waals surface area contributed by atoms with Gasteiger partial charge in [-0.2, -0.15) is 0 Å². The average Bonchev–Trinajstić information content (AvgIpc) is 2.84. The Morgan fingerprint density at radius 1 is 1.32 bits per heavy atom. The fourth-order valence-electron chi connectivity index (χ4n) is 2.14. The number of H-pyrrole nitrogens is 1. The minimum atomic E-state index is -0.0765. The molecule has 4 nitrogen and oxygen atoms in total. The van der Waals surface area contributed by atoms with Crippen LogP contribution in [0, 0.1) is 6.92 Å². The molecule has 0 saturated heterocycles. The first kappa shape index (κ1) is 12.0. The zero-order valence-corrected chi connectivity index (χ0v) is 11.1. The van der Waals surface area contributed by atoms with E-state index in [2.05, 4.69) is 10.1 Å². The second-order valence-corrected chi connectivity index (χ2v) is 4.81. The van der Waals surface area contributed by atoms with Gasteiger partial charge < -0.3 is 0 Å². The molecule has 19 heavy (non-hydrogen) atoms. The highest BCUT2D eigenvalue weighted by molar-refractivity contribution is 6.31. The van der Waals surface area contributed by atoms with Crippen LogP contribution in [0.2, 0.25) is 5.02 Å². The minimum absolute atomic E-state index is 0.0765. The van der Waals surface area contributed by atoms with Crippen molar-refractivity contribution in [3.63, 3.8) is 0 Å². The van der Waals surface area contributed by atoms with Crippen molar-refractivity contribution in [1.29, 1.82) is 0 Å². The maximum absolute atomic E-state index is 12.4. The lowest BCUT2D eigenvalue weighted by atomic mass is 10.1.